The molecule has 0 N–H and O–H groups in total. The van der Waals surface area contributed by atoms with Crippen molar-refractivity contribution in [3.8, 4) is 0 Å². The van der Waals surface area contributed by atoms with E-state index < -0.39 is 0 Å². The van der Waals surface area contributed by atoms with Crippen molar-refractivity contribution in [2.45, 2.75) is 6.54 Å². The number of halogens is 1. The van der Waals surface area contributed by atoms with Gasteiger partial charge in [0.1, 0.15) is 0 Å². The molecule has 20 heavy (non-hydrogen) atoms. The van der Waals surface area contributed by atoms with Crippen molar-refractivity contribution < 1.29 is 9.21 Å². The van der Waals surface area contributed by atoms with Crippen molar-refractivity contribution in [1.29, 1.82) is 0 Å². The number of rotatable bonds is 3. The number of hydrogen-bond donors (Lipinski definition) is 0. The first-order valence-corrected chi connectivity index (χ1v) is 8.23. The van der Waals surface area contributed by atoms with Crippen LogP contribution in [0.5, 0.6) is 0 Å². The Morgan fingerprint density at radius 2 is 2.10 bits per heavy atom. The maximum Gasteiger partial charge on any atom is 0.258 e. The number of thiophene rings is 1. The molecule has 1 saturated heterocycles. The normalized spacial score (nSPS) is 16.6. The van der Waals surface area contributed by atoms with Crippen molar-refractivity contribution in [1.82, 2.24) is 9.80 Å². The van der Waals surface area contributed by atoms with Gasteiger partial charge in [-0.05, 0) is 44.4 Å². The average molecular weight is 355 g/mol. The molecule has 2 aromatic rings. The Kier molecular flexibility index (Phi) is 4.24. The van der Waals surface area contributed by atoms with Crippen LogP contribution in [0.15, 0.2) is 38.2 Å². The molecule has 0 aliphatic carbocycles. The first-order chi connectivity index (χ1) is 9.74. The summed E-state index contributed by atoms with van der Waals surface area (Å²) in [6.07, 6.45) is 1.53. The summed E-state index contributed by atoms with van der Waals surface area (Å²) in [5.74, 6) is 0.0424. The summed E-state index contributed by atoms with van der Waals surface area (Å²) in [7, 11) is 0. The Labute approximate surface area is 130 Å². The Balaban J connectivity index is 1.56. The van der Waals surface area contributed by atoms with E-state index in [9.17, 15) is 4.79 Å². The molecule has 0 saturated carbocycles. The Hall–Kier alpha value is -1.11. The van der Waals surface area contributed by atoms with Crippen LogP contribution in [-0.2, 0) is 6.54 Å². The lowest BCUT2D eigenvalue weighted by Gasteiger charge is -2.34. The van der Waals surface area contributed by atoms with E-state index in [-0.39, 0.29) is 5.91 Å². The molecule has 1 fully saturated rings. The standard InChI is InChI=1S/C14H15BrN2O2S/c15-13-12(1-7-19-13)14(18)17-5-3-16(4-6-17)9-11-2-8-20-10-11/h1-2,7-8,10H,3-6,9H2. The van der Waals surface area contributed by atoms with Crippen LogP contribution in [0.3, 0.4) is 0 Å². The number of nitrogens with zero attached hydrogens (tertiary/aromatic N) is 2. The van der Waals surface area contributed by atoms with Crippen LogP contribution >= 0.6 is 27.3 Å². The van der Waals surface area contributed by atoms with Crippen LogP contribution in [-0.4, -0.2) is 41.9 Å². The van der Waals surface area contributed by atoms with E-state index in [0.29, 0.717) is 10.2 Å². The average Bonchev–Trinajstić information content (AvgIpc) is 3.10. The predicted molar refractivity (Wildman–Crippen MR) is 81.9 cm³/mol. The number of carbonyl (C=O) groups excluding carboxylic acids is 1. The zero-order chi connectivity index (χ0) is 13.9. The van der Waals surface area contributed by atoms with Gasteiger partial charge in [-0.25, -0.2) is 0 Å². The summed E-state index contributed by atoms with van der Waals surface area (Å²) in [6.45, 7) is 4.33. The van der Waals surface area contributed by atoms with Gasteiger partial charge in [0.2, 0.25) is 0 Å². The number of piperazine rings is 1. The molecular formula is C14H15BrN2O2S. The van der Waals surface area contributed by atoms with Gasteiger partial charge < -0.3 is 9.32 Å². The molecule has 0 atom stereocenters. The van der Waals surface area contributed by atoms with Crippen molar-refractivity contribution in [2.24, 2.45) is 0 Å². The fourth-order valence-electron chi connectivity index (χ4n) is 2.37. The third-order valence-corrected chi connectivity index (χ3v) is 4.84. The predicted octanol–water partition coefficient (Wildman–Crippen LogP) is 3.06. The van der Waals surface area contributed by atoms with Crippen molar-refractivity contribution in [3.05, 3.63) is 45.0 Å². The summed E-state index contributed by atoms with van der Waals surface area (Å²) in [6, 6.07) is 3.87. The highest BCUT2D eigenvalue weighted by atomic mass is 79.9. The van der Waals surface area contributed by atoms with Gasteiger partial charge in [0.15, 0.2) is 4.67 Å². The highest BCUT2D eigenvalue weighted by Gasteiger charge is 2.24. The summed E-state index contributed by atoms with van der Waals surface area (Å²) in [4.78, 5) is 16.6. The van der Waals surface area contributed by atoms with Crippen LogP contribution in [0, 0.1) is 0 Å². The molecule has 3 heterocycles. The number of furan rings is 1. The van der Waals surface area contributed by atoms with E-state index in [2.05, 4.69) is 37.7 Å². The van der Waals surface area contributed by atoms with Gasteiger partial charge in [0.25, 0.3) is 5.91 Å². The summed E-state index contributed by atoms with van der Waals surface area (Å²) < 4.78 is 5.64. The van der Waals surface area contributed by atoms with E-state index in [0.717, 1.165) is 32.7 Å². The molecule has 2 aromatic heterocycles. The molecule has 0 spiro atoms. The van der Waals surface area contributed by atoms with Crippen LogP contribution < -0.4 is 0 Å². The second-order valence-electron chi connectivity index (χ2n) is 4.81. The third-order valence-electron chi connectivity index (χ3n) is 3.49. The highest BCUT2D eigenvalue weighted by molar-refractivity contribution is 9.10. The van der Waals surface area contributed by atoms with E-state index >= 15 is 0 Å². The van der Waals surface area contributed by atoms with Crippen LogP contribution in [0.1, 0.15) is 15.9 Å². The molecule has 1 aliphatic heterocycles. The summed E-state index contributed by atoms with van der Waals surface area (Å²) >= 11 is 4.99. The largest absolute Gasteiger partial charge is 0.457 e. The van der Waals surface area contributed by atoms with Gasteiger partial charge in [-0.15, -0.1) is 0 Å². The molecule has 0 aromatic carbocycles. The molecule has 0 unspecified atom stereocenters. The quantitative estimate of drug-likeness (QED) is 0.849. The first kappa shape index (κ1) is 13.9. The smallest absolute Gasteiger partial charge is 0.258 e. The summed E-state index contributed by atoms with van der Waals surface area (Å²) in [5, 5.41) is 4.28. The fraction of sp³-hybridized carbons (Fsp3) is 0.357. The van der Waals surface area contributed by atoms with Crippen molar-refractivity contribution in [2.75, 3.05) is 26.2 Å². The Morgan fingerprint density at radius 1 is 1.30 bits per heavy atom. The van der Waals surface area contributed by atoms with E-state index in [4.69, 9.17) is 4.42 Å². The first-order valence-electron chi connectivity index (χ1n) is 6.50. The van der Waals surface area contributed by atoms with Gasteiger partial charge in [0, 0.05) is 32.7 Å². The van der Waals surface area contributed by atoms with E-state index in [1.165, 1.54) is 11.8 Å². The second kappa shape index (κ2) is 6.11. The molecule has 6 heteroatoms. The maximum absolute atomic E-state index is 12.3. The van der Waals surface area contributed by atoms with Crippen LogP contribution in [0.25, 0.3) is 0 Å². The number of amides is 1. The summed E-state index contributed by atoms with van der Waals surface area (Å²) in [5.41, 5.74) is 1.96. The van der Waals surface area contributed by atoms with Gasteiger partial charge in [-0.2, -0.15) is 11.3 Å². The van der Waals surface area contributed by atoms with Crippen molar-refractivity contribution in [3.63, 3.8) is 0 Å². The lowest BCUT2D eigenvalue weighted by molar-refractivity contribution is 0.0626. The molecule has 1 amide bonds. The molecule has 106 valence electrons. The van der Waals surface area contributed by atoms with Gasteiger partial charge in [-0.1, -0.05) is 0 Å². The van der Waals surface area contributed by atoms with Crippen LogP contribution in [0.4, 0.5) is 0 Å². The van der Waals surface area contributed by atoms with Crippen LogP contribution in [0.2, 0.25) is 0 Å². The Bertz CT molecular complexity index is 574. The minimum Gasteiger partial charge on any atom is -0.457 e. The van der Waals surface area contributed by atoms with Crippen molar-refractivity contribution >= 4 is 33.2 Å². The minimum atomic E-state index is 0.0424. The molecule has 0 bridgehead atoms. The maximum atomic E-state index is 12.3. The highest BCUT2D eigenvalue weighted by Crippen LogP contribution is 2.20. The molecule has 0 radical (unpaired) electrons. The SMILES string of the molecule is O=C(c1ccoc1Br)N1CCN(Cc2ccsc2)CC1. The monoisotopic (exact) mass is 354 g/mol. The van der Waals surface area contributed by atoms with Gasteiger partial charge in [0.05, 0.1) is 11.8 Å². The lowest BCUT2D eigenvalue weighted by atomic mass is 10.2. The lowest BCUT2D eigenvalue weighted by Crippen LogP contribution is -2.48. The van der Waals surface area contributed by atoms with E-state index in [1.54, 1.807) is 17.4 Å². The molecular weight excluding hydrogens is 340 g/mol. The topological polar surface area (TPSA) is 36.7 Å². The van der Waals surface area contributed by atoms with E-state index in [1.807, 2.05) is 4.90 Å². The number of hydrogen-bond acceptors (Lipinski definition) is 4. The minimum absolute atomic E-state index is 0.0424. The zero-order valence-electron chi connectivity index (χ0n) is 10.9. The van der Waals surface area contributed by atoms with Gasteiger partial charge in [-0.3, -0.25) is 9.69 Å². The zero-order valence-corrected chi connectivity index (χ0v) is 13.3. The molecule has 1 aliphatic rings. The van der Waals surface area contributed by atoms with Gasteiger partial charge >= 0.3 is 0 Å². The molecule has 3 rings (SSSR count). The third kappa shape index (κ3) is 2.97. The second-order valence-corrected chi connectivity index (χ2v) is 6.31. The number of carbonyl (C=O) groups is 1. The fourth-order valence-corrected chi connectivity index (χ4v) is 3.44. The molecule has 4 nitrogen and oxygen atoms in total. The Morgan fingerprint density at radius 3 is 2.70 bits per heavy atom.